The van der Waals surface area contributed by atoms with Crippen LogP contribution in [-0.4, -0.2) is 46.3 Å². The maximum absolute atomic E-state index is 12.6. The van der Waals surface area contributed by atoms with E-state index in [2.05, 4.69) is 19.2 Å². The van der Waals surface area contributed by atoms with Crippen molar-refractivity contribution < 1.29 is 9.59 Å². The number of hydrogen-bond acceptors (Lipinski definition) is 3. The molecular formula is C15H28N2O2S. The van der Waals surface area contributed by atoms with Crippen molar-refractivity contribution in [3.05, 3.63) is 0 Å². The smallest absolute Gasteiger partial charge is 0.246 e. The summed E-state index contributed by atoms with van der Waals surface area (Å²) in [6, 6.07) is -0.481. The number of rotatable bonds is 8. The van der Waals surface area contributed by atoms with Gasteiger partial charge in [0.15, 0.2) is 0 Å². The summed E-state index contributed by atoms with van der Waals surface area (Å²) in [6.07, 6.45) is 3.27. The Labute approximate surface area is 127 Å². The highest BCUT2D eigenvalue weighted by atomic mass is 32.2. The summed E-state index contributed by atoms with van der Waals surface area (Å²) in [5, 5.41) is 2.88. The minimum Gasteiger partial charge on any atom is -0.343 e. The van der Waals surface area contributed by atoms with Gasteiger partial charge in [0, 0.05) is 6.04 Å². The molecule has 3 atom stereocenters. The van der Waals surface area contributed by atoms with Crippen molar-refractivity contribution >= 4 is 23.6 Å². The van der Waals surface area contributed by atoms with E-state index in [4.69, 9.17) is 0 Å². The number of nitrogens with zero attached hydrogens (tertiary/aromatic N) is 1. The van der Waals surface area contributed by atoms with Crippen LogP contribution in [0.5, 0.6) is 0 Å². The van der Waals surface area contributed by atoms with Crippen LogP contribution < -0.4 is 5.32 Å². The lowest BCUT2D eigenvalue weighted by Gasteiger charge is -2.42. The van der Waals surface area contributed by atoms with E-state index < -0.39 is 0 Å². The van der Waals surface area contributed by atoms with Crippen molar-refractivity contribution in [2.24, 2.45) is 0 Å². The molecule has 0 bridgehead atoms. The largest absolute Gasteiger partial charge is 0.343 e. The van der Waals surface area contributed by atoms with Crippen LogP contribution in [0.4, 0.5) is 0 Å². The first-order valence-electron chi connectivity index (χ1n) is 7.77. The van der Waals surface area contributed by atoms with E-state index in [-0.39, 0.29) is 29.9 Å². The SMILES string of the molecule is CCCC1NC(=O)C(CC)N(C(C)CCSCC)C1=O. The van der Waals surface area contributed by atoms with E-state index in [1.165, 1.54) is 0 Å². The first kappa shape index (κ1) is 17.3. The quantitative estimate of drug-likeness (QED) is 0.700. The van der Waals surface area contributed by atoms with Crippen LogP contribution in [0.1, 0.15) is 53.4 Å². The summed E-state index contributed by atoms with van der Waals surface area (Å²) in [5.41, 5.74) is 0. The van der Waals surface area contributed by atoms with E-state index in [0.717, 1.165) is 30.8 Å². The summed E-state index contributed by atoms with van der Waals surface area (Å²) >= 11 is 1.88. The number of piperazine rings is 1. The molecule has 116 valence electrons. The molecule has 1 fully saturated rings. The number of carbonyl (C=O) groups excluding carboxylic acids is 2. The second kappa shape index (κ2) is 8.55. The molecule has 5 heteroatoms. The van der Waals surface area contributed by atoms with Gasteiger partial charge in [0.1, 0.15) is 12.1 Å². The Morgan fingerprint density at radius 3 is 2.55 bits per heavy atom. The van der Waals surface area contributed by atoms with Crippen molar-refractivity contribution in [1.29, 1.82) is 0 Å². The van der Waals surface area contributed by atoms with Gasteiger partial charge in [-0.2, -0.15) is 11.8 Å². The summed E-state index contributed by atoms with van der Waals surface area (Å²) in [5.74, 6) is 2.25. The summed E-state index contributed by atoms with van der Waals surface area (Å²) < 4.78 is 0. The topological polar surface area (TPSA) is 49.4 Å². The van der Waals surface area contributed by atoms with Crippen LogP contribution in [0.25, 0.3) is 0 Å². The van der Waals surface area contributed by atoms with Crippen molar-refractivity contribution in [2.75, 3.05) is 11.5 Å². The fourth-order valence-electron chi connectivity index (χ4n) is 2.72. The number of nitrogens with one attached hydrogen (secondary N) is 1. The average Bonchev–Trinajstić information content (AvgIpc) is 2.42. The molecule has 0 aromatic carbocycles. The molecule has 1 rings (SSSR count). The van der Waals surface area contributed by atoms with Crippen LogP contribution in [0, 0.1) is 0 Å². The lowest BCUT2D eigenvalue weighted by molar-refractivity contribution is -0.152. The zero-order chi connectivity index (χ0) is 15.1. The molecule has 1 aliphatic rings. The highest BCUT2D eigenvalue weighted by molar-refractivity contribution is 7.99. The van der Waals surface area contributed by atoms with E-state index in [9.17, 15) is 9.59 Å². The maximum Gasteiger partial charge on any atom is 0.246 e. The lowest BCUT2D eigenvalue weighted by atomic mass is 9.99. The van der Waals surface area contributed by atoms with Crippen molar-refractivity contribution in [2.45, 2.75) is 71.5 Å². The van der Waals surface area contributed by atoms with Crippen molar-refractivity contribution in [3.8, 4) is 0 Å². The van der Waals surface area contributed by atoms with E-state index in [0.29, 0.717) is 6.42 Å². The molecule has 1 aliphatic heterocycles. The number of amides is 2. The van der Waals surface area contributed by atoms with Crippen molar-refractivity contribution in [1.82, 2.24) is 10.2 Å². The van der Waals surface area contributed by atoms with E-state index in [1.54, 1.807) is 0 Å². The third-order valence-electron chi connectivity index (χ3n) is 3.83. The molecule has 0 aromatic rings. The second-order valence-corrected chi connectivity index (χ2v) is 6.75. The highest BCUT2D eigenvalue weighted by Crippen LogP contribution is 2.21. The first-order valence-corrected chi connectivity index (χ1v) is 8.92. The van der Waals surface area contributed by atoms with E-state index >= 15 is 0 Å². The van der Waals surface area contributed by atoms with Gasteiger partial charge in [0.05, 0.1) is 0 Å². The van der Waals surface area contributed by atoms with Crippen LogP contribution >= 0.6 is 11.8 Å². The lowest BCUT2D eigenvalue weighted by Crippen LogP contribution is -2.65. The van der Waals surface area contributed by atoms with E-state index in [1.807, 2.05) is 30.5 Å². The molecule has 0 aliphatic carbocycles. The van der Waals surface area contributed by atoms with Gasteiger partial charge in [-0.05, 0) is 37.7 Å². The van der Waals surface area contributed by atoms with Gasteiger partial charge in [-0.3, -0.25) is 9.59 Å². The van der Waals surface area contributed by atoms with Gasteiger partial charge in [-0.15, -0.1) is 0 Å². The maximum atomic E-state index is 12.6. The van der Waals surface area contributed by atoms with Crippen molar-refractivity contribution in [3.63, 3.8) is 0 Å². The van der Waals surface area contributed by atoms with Crippen LogP contribution in [0.2, 0.25) is 0 Å². The van der Waals surface area contributed by atoms with Gasteiger partial charge >= 0.3 is 0 Å². The van der Waals surface area contributed by atoms with Gasteiger partial charge in [-0.1, -0.05) is 27.2 Å². The molecule has 0 spiro atoms. The van der Waals surface area contributed by atoms with Gasteiger partial charge in [0.2, 0.25) is 11.8 Å². The molecule has 0 radical (unpaired) electrons. The summed E-state index contributed by atoms with van der Waals surface area (Å²) in [6.45, 7) is 8.22. The first-order chi connectivity index (χ1) is 9.56. The fraction of sp³-hybridized carbons (Fsp3) is 0.867. The Balaban J connectivity index is 2.79. The van der Waals surface area contributed by atoms with Gasteiger partial charge < -0.3 is 10.2 Å². The minimum absolute atomic E-state index is 0.0144. The molecule has 0 aromatic heterocycles. The average molecular weight is 300 g/mol. The molecule has 1 N–H and O–H groups in total. The fourth-order valence-corrected chi connectivity index (χ4v) is 3.51. The third-order valence-corrected chi connectivity index (χ3v) is 4.76. The molecule has 1 heterocycles. The zero-order valence-corrected chi connectivity index (χ0v) is 14.0. The predicted molar refractivity (Wildman–Crippen MR) is 84.8 cm³/mol. The predicted octanol–water partition coefficient (Wildman–Crippen LogP) is 2.42. The van der Waals surface area contributed by atoms with Crippen LogP contribution in [-0.2, 0) is 9.59 Å². The Hall–Kier alpha value is -0.710. The normalized spacial score (nSPS) is 24.7. The highest BCUT2D eigenvalue weighted by Gasteiger charge is 2.40. The standard InChI is InChI=1S/C15H28N2O2S/c1-5-8-12-15(19)17(11(4)9-10-20-7-3)13(6-2)14(18)16-12/h11-13H,5-10H2,1-4H3,(H,16,18). The Morgan fingerprint density at radius 1 is 1.30 bits per heavy atom. The molecule has 0 saturated carbocycles. The number of hydrogen-bond donors (Lipinski definition) is 1. The molecular weight excluding hydrogens is 272 g/mol. The Bertz CT molecular complexity index is 336. The van der Waals surface area contributed by atoms with Crippen LogP contribution in [0.3, 0.4) is 0 Å². The minimum atomic E-state index is -0.323. The molecule has 20 heavy (non-hydrogen) atoms. The molecule has 2 amide bonds. The molecule has 1 saturated heterocycles. The Kier molecular flexibility index (Phi) is 7.41. The molecule has 3 unspecified atom stereocenters. The number of thioether (sulfide) groups is 1. The van der Waals surface area contributed by atoms with Crippen LogP contribution in [0.15, 0.2) is 0 Å². The third kappa shape index (κ3) is 4.14. The zero-order valence-electron chi connectivity index (χ0n) is 13.1. The van der Waals surface area contributed by atoms with Gasteiger partial charge in [0.25, 0.3) is 0 Å². The second-order valence-electron chi connectivity index (χ2n) is 5.35. The number of carbonyl (C=O) groups is 2. The summed E-state index contributed by atoms with van der Waals surface area (Å²) in [4.78, 5) is 26.6. The molecule has 4 nitrogen and oxygen atoms in total. The summed E-state index contributed by atoms with van der Waals surface area (Å²) in [7, 11) is 0. The monoisotopic (exact) mass is 300 g/mol. The Morgan fingerprint density at radius 2 is 2.00 bits per heavy atom. The van der Waals surface area contributed by atoms with Gasteiger partial charge in [-0.25, -0.2) is 0 Å².